The van der Waals surface area contributed by atoms with Crippen LogP contribution in [0.2, 0.25) is 10.0 Å². The Morgan fingerprint density at radius 1 is 1.30 bits per heavy atom. The van der Waals surface area contributed by atoms with Crippen molar-refractivity contribution in [1.82, 2.24) is 14.7 Å². The van der Waals surface area contributed by atoms with Gasteiger partial charge < -0.3 is 10.7 Å². The highest BCUT2D eigenvalue weighted by atomic mass is 35.5. The molecule has 0 amide bonds. The highest BCUT2D eigenvalue weighted by molar-refractivity contribution is 7.89. The average molecular weight is 335 g/mol. The lowest BCUT2D eigenvalue weighted by Crippen LogP contribution is -2.24. The molecule has 1 aromatic heterocycles. The number of sulfonamides is 1. The van der Waals surface area contributed by atoms with Gasteiger partial charge in [-0.3, -0.25) is 0 Å². The highest BCUT2D eigenvalue weighted by Crippen LogP contribution is 2.28. The van der Waals surface area contributed by atoms with E-state index in [0.717, 1.165) is 0 Å². The zero-order valence-corrected chi connectivity index (χ0v) is 12.6. The van der Waals surface area contributed by atoms with E-state index >= 15 is 0 Å². The zero-order chi connectivity index (χ0) is 14.8. The molecule has 108 valence electrons. The lowest BCUT2D eigenvalue weighted by Gasteiger charge is -2.10. The lowest BCUT2D eigenvalue weighted by atomic mass is 10.2. The molecule has 2 aromatic rings. The predicted octanol–water partition coefficient (Wildman–Crippen LogP) is 1.65. The molecule has 0 bridgehead atoms. The third-order valence-electron chi connectivity index (χ3n) is 2.62. The summed E-state index contributed by atoms with van der Waals surface area (Å²) < 4.78 is 26.8. The Morgan fingerprint density at radius 3 is 2.65 bits per heavy atom. The van der Waals surface area contributed by atoms with Crippen molar-refractivity contribution in [3.05, 3.63) is 46.0 Å². The first-order valence-corrected chi connectivity index (χ1v) is 7.83. The van der Waals surface area contributed by atoms with Gasteiger partial charge in [0, 0.05) is 23.5 Å². The molecule has 0 atom stereocenters. The molecular formula is C11H12Cl2N4O2S. The predicted molar refractivity (Wildman–Crippen MR) is 77.0 cm³/mol. The first-order valence-electron chi connectivity index (χ1n) is 5.59. The molecule has 4 N–H and O–H groups in total. The Labute approximate surface area is 126 Å². The molecule has 1 aromatic carbocycles. The molecule has 0 fully saturated rings. The Balaban J connectivity index is 2.29. The number of rotatable bonds is 5. The number of nitrogens with one attached hydrogen (secondary N) is 2. The molecule has 2 rings (SSSR count). The van der Waals surface area contributed by atoms with Crippen LogP contribution < -0.4 is 10.5 Å². The number of benzene rings is 1. The monoisotopic (exact) mass is 334 g/mol. The van der Waals surface area contributed by atoms with Crippen LogP contribution in [0.4, 0.5) is 0 Å². The minimum Gasteiger partial charge on any atom is -0.347 e. The largest absolute Gasteiger partial charge is 0.347 e. The maximum absolute atomic E-state index is 12.2. The van der Waals surface area contributed by atoms with Gasteiger partial charge in [0.05, 0.1) is 17.9 Å². The number of hydrogen-bond acceptors (Lipinski definition) is 4. The fourth-order valence-corrected chi connectivity index (χ4v) is 3.44. The van der Waals surface area contributed by atoms with Crippen molar-refractivity contribution in [1.29, 1.82) is 0 Å². The van der Waals surface area contributed by atoms with E-state index in [-0.39, 0.29) is 23.0 Å². The summed E-state index contributed by atoms with van der Waals surface area (Å²) in [6.45, 7) is 0.207. The van der Waals surface area contributed by atoms with Gasteiger partial charge in [-0.1, -0.05) is 23.2 Å². The number of halogens is 2. The molecule has 0 radical (unpaired) electrons. The Hall–Kier alpha value is -1.12. The number of aromatic nitrogens is 2. The molecule has 0 aliphatic heterocycles. The van der Waals surface area contributed by atoms with Crippen molar-refractivity contribution < 1.29 is 8.42 Å². The SMILES string of the molecule is NCc1cc(S(=O)(=O)NCc2cnc[nH]2)c(Cl)cc1Cl. The molecule has 1 heterocycles. The van der Waals surface area contributed by atoms with Crippen LogP contribution in [-0.2, 0) is 23.1 Å². The van der Waals surface area contributed by atoms with Crippen LogP contribution in [0.1, 0.15) is 11.3 Å². The molecule has 0 aliphatic rings. The van der Waals surface area contributed by atoms with Gasteiger partial charge in [0.25, 0.3) is 0 Å². The van der Waals surface area contributed by atoms with Gasteiger partial charge in [0.2, 0.25) is 10.0 Å². The molecule has 0 saturated carbocycles. The number of nitrogens with two attached hydrogens (primary N) is 1. The van der Waals surface area contributed by atoms with E-state index in [0.29, 0.717) is 16.3 Å². The minimum atomic E-state index is -3.76. The van der Waals surface area contributed by atoms with Crippen LogP contribution in [0.5, 0.6) is 0 Å². The van der Waals surface area contributed by atoms with Crippen molar-refractivity contribution in [3.8, 4) is 0 Å². The molecule has 20 heavy (non-hydrogen) atoms. The maximum atomic E-state index is 12.2. The van der Waals surface area contributed by atoms with Crippen LogP contribution in [0, 0.1) is 0 Å². The first-order chi connectivity index (χ1) is 9.44. The fourth-order valence-electron chi connectivity index (χ4n) is 1.57. The number of imidazole rings is 1. The first kappa shape index (κ1) is 15.3. The van der Waals surface area contributed by atoms with Crippen molar-refractivity contribution in [2.45, 2.75) is 18.0 Å². The second kappa shape index (κ2) is 6.11. The summed E-state index contributed by atoms with van der Waals surface area (Å²) in [4.78, 5) is 6.54. The van der Waals surface area contributed by atoms with Crippen LogP contribution in [-0.4, -0.2) is 18.4 Å². The molecule has 0 unspecified atom stereocenters. The summed E-state index contributed by atoms with van der Waals surface area (Å²) in [5.41, 5.74) is 6.66. The summed E-state index contributed by atoms with van der Waals surface area (Å²) in [7, 11) is -3.76. The Kier molecular flexibility index (Phi) is 4.66. The highest BCUT2D eigenvalue weighted by Gasteiger charge is 2.19. The van der Waals surface area contributed by atoms with Gasteiger partial charge in [-0.25, -0.2) is 18.1 Å². The van der Waals surface area contributed by atoms with Gasteiger partial charge in [-0.2, -0.15) is 0 Å². The molecule has 0 spiro atoms. The topological polar surface area (TPSA) is 101 Å². The van der Waals surface area contributed by atoms with Crippen molar-refractivity contribution >= 4 is 33.2 Å². The van der Waals surface area contributed by atoms with Crippen LogP contribution in [0.3, 0.4) is 0 Å². The molecule has 9 heteroatoms. The van der Waals surface area contributed by atoms with Crippen LogP contribution >= 0.6 is 23.2 Å². The Morgan fingerprint density at radius 2 is 2.05 bits per heavy atom. The van der Waals surface area contributed by atoms with Gasteiger partial charge >= 0.3 is 0 Å². The van der Waals surface area contributed by atoms with Gasteiger partial charge in [0.15, 0.2) is 0 Å². The number of nitrogens with zero attached hydrogens (tertiary/aromatic N) is 1. The third-order valence-corrected chi connectivity index (χ3v) is 4.84. The number of hydrogen-bond donors (Lipinski definition) is 3. The van der Waals surface area contributed by atoms with Crippen molar-refractivity contribution in [2.24, 2.45) is 5.73 Å². The van der Waals surface area contributed by atoms with Gasteiger partial charge in [0.1, 0.15) is 4.90 Å². The summed E-state index contributed by atoms with van der Waals surface area (Å²) in [6, 6.07) is 2.75. The van der Waals surface area contributed by atoms with Gasteiger partial charge in [-0.15, -0.1) is 0 Å². The van der Waals surface area contributed by atoms with E-state index in [4.69, 9.17) is 28.9 Å². The fraction of sp³-hybridized carbons (Fsp3) is 0.182. The number of aromatic amines is 1. The molecule has 6 nitrogen and oxygen atoms in total. The molecular weight excluding hydrogens is 323 g/mol. The van der Waals surface area contributed by atoms with Crippen LogP contribution in [0.25, 0.3) is 0 Å². The quantitative estimate of drug-likeness (QED) is 0.773. The zero-order valence-electron chi connectivity index (χ0n) is 10.2. The van der Waals surface area contributed by atoms with E-state index in [9.17, 15) is 8.42 Å². The van der Waals surface area contributed by atoms with E-state index in [2.05, 4.69) is 14.7 Å². The molecule has 0 aliphatic carbocycles. The summed E-state index contributed by atoms with van der Waals surface area (Å²) in [5, 5.41) is 0.384. The van der Waals surface area contributed by atoms with Crippen LogP contribution in [0.15, 0.2) is 29.6 Å². The van der Waals surface area contributed by atoms with Crippen molar-refractivity contribution in [2.75, 3.05) is 0 Å². The smallest absolute Gasteiger partial charge is 0.242 e. The third kappa shape index (κ3) is 3.31. The maximum Gasteiger partial charge on any atom is 0.242 e. The van der Waals surface area contributed by atoms with E-state index in [1.54, 1.807) is 0 Å². The minimum absolute atomic E-state index is 0.0457. The summed E-state index contributed by atoms with van der Waals surface area (Å²) in [6.07, 6.45) is 2.99. The normalized spacial score (nSPS) is 11.8. The van der Waals surface area contributed by atoms with E-state index in [1.165, 1.54) is 24.7 Å². The Bertz CT molecular complexity index is 701. The standard InChI is InChI=1S/C11H12Cl2N4O2S/c12-9-2-10(13)11(1-7(9)3-14)20(18,19)17-5-8-4-15-6-16-8/h1-2,4,6,17H,3,5,14H2,(H,15,16). The average Bonchev–Trinajstić information content (AvgIpc) is 2.89. The van der Waals surface area contributed by atoms with E-state index < -0.39 is 10.0 Å². The van der Waals surface area contributed by atoms with Gasteiger partial charge in [-0.05, 0) is 17.7 Å². The van der Waals surface area contributed by atoms with E-state index in [1.807, 2.05) is 0 Å². The molecule has 0 saturated heterocycles. The second-order valence-corrected chi connectivity index (χ2v) is 6.53. The summed E-state index contributed by atoms with van der Waals surface area (Å²) >= 11 is 11.9. The van der Waals surface area contributed by atoms with Crippen molar-refractivity contribution in [3.63, 3.8) is 0 Å². The number of H-pyrrole nitrogens is 1. The summed E-state index contributed by atoms with van der Waals surface area (Å²) in [5.74, 6) is 0. The lowest BCUT2D eigenvalue weighted by molar-refractivity contribution is 0.580. The second-order valence-electron chi connectivity index (χ2n) is 3.98.